The largest absolute Gasteiger partial charge is 0.335 e. The zero-order chi connectivity index (χ0) is 15.4. The van der Waals surface area contributed by atoms with E-state index >= 15 is 0 Å². The van der Waals surface area contributed by atoms with Gasteiger partial charge in [-0.25, -0.2) is 0 Å². The van der Waals surface area contributed by atoms with Crippen LogP contribution in [0.5, 0.6) is 0 Å². The van der Waals surface area contributed by atoms with Crippen molar-refractivity contribution in [1.29, 1.82) is 0 Å². The summed E-state index contributed by atoms with van der Waals surface area (Å²) in [6, 6.07) is 4.17. The number of amides is 1. The average Bonchev–Trinajstić information content (AvgIpc) is 2.70. The Morgan fingerprint density at radius 3 is 2.81 bits per heavy atom. The summed E-state index contributed by atoms with van der Waals surface area (Å²) in [6.07, 6.45) is 4.09. The summed E-state index contributed by atoms with van der Waals surface area (Å²) in [5.41, 5.74) is 0.123. The van der Waals surface area contributed by atoms with Gasteiger partial charge in [0.05, 0.1) is 4.92 Å². The first-order valence-electron chi connectivity index (χ1n) is 6.85. The molecule has 1 aliphatic heterocycles. The number of alkyl halides is 1. The molecule has 1 aromatic carbocycles. The van der Waals surface area contributed by atoms with Crippen LogP contribution in [0.15, 0.2) is 18.2 Å². The Kier molecular flexibility index (Phi) is 5.58. The molecule has 1 heterocycles. The van der Waals surface area contributed by atoms with Crippen LogP contribution in [0.25, 0.3) is 0 Å². The molecule has 1 amide bonds. The Morgan fingerprint density at radius 1 is 1.38 bits per heavy atom. The number of hydrogen-bond donors (Lipinski definition) is 0. The van der Waals surface area contributed by atoms with Crippen molar-refractivity contribution >= 4 is 39.1 Å². The van der Waals surface area contributed by atoms with E-state index in [1.54, 1.807) is 4.90 Å². The molecule has 0 N–H and O–H groups in total. The van der Waals surface area contributed by atoms with Crippen molar-refractivity contribution in [2.24, 2.45) is 0 Å². The van der Waals surface area contributed by atoms with Crippen molar-refractivity contribution in [1.82, 2.24) is 4.90 Å². The van der Waals surface area contributed by atoms with Crippen molar-refractivity contribution in [2.45, 2.75) is 31.7 Å². The topological polar surface area (TPSA) is 63.4 Å². The van der Waals surface area contributed by atoms with Crippen molar-refractivity contribution in [3.8, 4) is 0 Å². The lowest BCUT2D eigenvalue weighted by Crippen LogP contribution is -2.41. The molecule has 21 heavy (non-hydrogen) atoms. The molecular formula is C14H16BrClN2O3. The lowest BCUT2D eigenvalue weighted by Gasteiger charge is -2.28. The van der Waals surface area contributed by atoms with E-state index in [0.29, 0.717) is 11.9 Å². The number of rotatable bonds is 3. The first-order valence-corrected chi connectivity index (χ1v) is 8.35. The molecular weight excluding hydrogens is 360 g/mol. The van der Waals surface area contributed by atoms with Crippen molar-refractivity contribution < 1.29 is 9.72 Å². The maximum absolute atomic E-state index is 12.7. The maximum atomic E-state index is 12.7. The van der Waals surface area contributed by atoms with Gasteiger partial charge in [-0.15, -0.1) is 0 Å². The predicted molar refractivity (Wildman–Crippen MR) is 85.2 cm³/mol. The minimum absolute atomic E-state index is 0.123. The zero-order valence-electron chi connectivity index (χ0n) is 11.4. The van der Waals surface area contributed by atoms with Crippen LogP contribution in [0.1, 0.15) is 36.0 Å². The van der Waals surface area contributed by atoms with E-state index in [1.807, 2.05) is 0 Å². The molecule has 0 saturated carbocycles. The van der Waals surface area contributed by atoms with E-state index in [9.17, 15) is 14.9 Å². The molecule has 7 heteroatoms. The third-order valence-electron chi connectivity index (χ3n) is 3.66. The number of carbonyl (C=O) groups is 1. The standard InChI is InChI=1S/C14H16BrClN2O3/c15-9-12-4-2-1-3-5-17(12)14(19)10-6-11(16)8-13(7-10)18(20)21/h6-8,12H,1-5,9H2. The van der Waals surface area contributed by atoms with Gasteiger partial charge in [-0.1, -0.05) is 40.4 Å². The molecule has 5 nitrogen and oxygen atoms in total. The fourth-order valence-electron chi connectivity index (χ4n) is 2.57. The third kappa shape index (κ3) is 3.95. The first-order chi connectivity index (χ1) is 10.0. The highest BCUT2D eigenvalue weighted by Gasteiger charge is 2.26. The van der Waals surface area contributed by atoms with E-state index in [1.165, 1.54) is 18.2 Å². The summed E-state index contributed by atoms with van der Waals surface area (Å²) in [7, 11) is 0. The maximum Gasteiger partial charge on any atom is 0.271 e. The Hall–Kier alpha value is -1.14. The second kappa shape index (κ2) is 7.22. The van der Waals surface area contributed by atoms with Gasteiger partial charge in [0.2, 0.25) is 0 Å². The van der Waals surface area contributed by atoms with Crippen LogP contribution in [0.3, 0.4) is 0 Å². The summed E-state index contributed by atoms with van der Waals surface area (Å²) in [6.45, 7) is 0.676. The summed E-state index contributed by atoms with van der Waals surface area (Å²) < 4.78 is 0. The SMILES string of the molecule is O=C(c1cc(Cl)cc([N+](=O)[O-])c1)N1CCCCCC1CBr. The molecule has 1 unspecified atom stereocenters. The molecule has 1 atom stereocenters. The van der Waals surface area contributed by atoms with Gasteiger partial charge in [-0.05, 0) is 18.9 Å². The summed E-state index contributed by atoms with van der Waals surface area (Å²) in [5.74, 6) is -0.188. The van der Waals surface area contributed by atoms with Gasteiger partial charge in [0, 0.05) is 40.6 Å². The number of hydrogen-bond acceptors (Lipinski definition) is 3. The average molecular weight is 376 g/mol. The van der Waals surface area contributed by atoms with Crippen LogP contribution >= 0.6 is 27.5 Å². The van der Waals surface area contributed by atoms with Gasteiger partial charge in [0.25, 0.3) is 11.6 Å². The molecule has 0 radical (unpaired) electrons. The van der Waals surface area contributed by atoms with Gasteiger partial charge in [-0.2, -0.15) is 0 Å². The first kappa shape index (κ1) is 16.2. The van der Waals surface area contributed by atoms with Crippen LogP contribution in [-0.2, 0) is 0 Å². The molecule has 0 aliphatic carbocycles. The van der Waals surface area contributed by atoms with E-state index in [4.69, 9.17) is 11.6 Å². The van der Waals surface area contributed by atoms with E-state index < -0.39 is 4.92 Å². The molecule has 1 aliphatic rings. The molecule has 0 aromatic heterocycles. The monoisotopic (exact) mass is 374 g/mol. The van der Waals surface area contributed by atoms with Gasteiger partial charge in [0.1, 0.15) is 0 Å². The third-order valence-corrected chi connectivity index (χ3v) is 4.62. The molecule has 1 fully saturated rings. The predicted octanol–water partition coefficient (Wildman–Crippen LogP) is 4.03. The van der Waals surface area contributed by atoms with E-state index in [0.717, 1.165) is 25.7 Å². The molecule has 0 spiro atoms. The van der Waals surface area contributed by atoms with Gasteiger partial charge in [0.15, 0.2) is 0 Å². The summed E-state index contributed by atoms with van der Waals surface area (Å²) >= 11 is 9.35. The number of nitro benzene ring substituents is 1. The highest BCUT2D eigenvalue weighted by Crippen LogP contribution is 2.25. The number of carbonyl (C=O) groups excluding carboxylic acids is 1. The van der Waals surface area contributed by atoms with Crippen LogP contribution in [-0.4, -0.2) is 33.6 Å². The number of non-ortho nitro benzene ring substituents is 1. The van der Waals surface area contributed by atoms with Crippen molar-refractivity contribution in [3.05, 3.63) is 38.9 Å². The van der Waals surface area contributed by atoms with Crippen LogP contribution < -0.4 is 0 Å². The van der Waals surface area contributed by atoms with Crippen LogP contribution in [0, 0.1) is 10.1 Å². The number of likely N-dealkylation sites (tertiary alicyclic amines) is 1. The Bertz CT molecular complexity index is 553. The number of halogens is 2. The van der Waals surface area contributed by atoms with Crippen molar-refractivity contribution in [3.63, 3.8) is 0 Å². The smallest absolute Gasteiger partial charge is 0.271 e. The minimum atomic E-state index is -0.535. The molecule has 1 aromatic rings. The fourth-order valence-corrected chi connectivity index (χ4v) is 3.48. The van der Waals surface area contributed by atoms with Crippen LogP contribution in [0.4, 0.5) is 5.69 Å². The normalized spacial score (nSPS) is 19.1. The molecule has 0 bridgehead atoms. The van der Waals surface area contributed by atoms with Gasteiger partial charge in [-0.3, -0.25) is 14.9 Å². The zero-order valence-corrected chi connectivity index (χ0v) is 13.8. The fraction of sp³-hybridized carbons (Fsp3) is 0.500. The van der Waals surface area contributed by atoms with E-state index in [-0.39, 0.29) is 28.2 Å². The Labute approximate surface area is 136 Å². The minimum Gasteiger partial charge on any atom is -0.335 e. The van der Waals surface area contributed by atoms with Gasteiger partial charge < -0.3 is 4.90 Å². The molecule has 2 rings (SSSR count). The number of nitrogens with zero attached hydrogens (tertiary/aromatic N) is 2. The van der Waals surface area contributed by atoms with E-state index in [2.05, 4.69) is 15.9 Å². The summed E-state index contributed by atoms with van der Waals surface area (Å²) in [5, 5.41) is 11.8. The molecule has 114 valence electrons. The molecule has 1 saturated heterocycles. The quantitative estimate of drug-likeness (QED) is 0.455. The van der Waals surface area contributed by atoms with Crippen LogP contribution in [0.2, 0.25) is 5.02 Å². The lowest BCUT2D eigenvalue weighted by atomic mass is 10.1. The number of benzene rings is 1. The Balaban J connectivity index is 2.31. The Morgan fingerprint density at radius 2 is 2.14 bits per heavy atom. The number of nitro groups is 1. The van der Waals surface area contributed by atoms with Crippen molar-refractivity contribution in [2.75, 3.05) is 11.9 Å². The second-order valence-electron chi connectivity index (χ2n) is 5.11. The second-order valence-corrected chi connectivity index (χ2v) is 6.20. The summed E-state index contributed by atoms with van der Waals surface area (Å²) in [4.78, 5) is 24.8. The lowest BCUT2D eigenvalue weighted by molar-refractivity contribution is -0.384. The highest BCUT2D eigenvalue weighted by atomic mass is 79.9. The highest BCUT2D eigenvalue weighted by molar-refractivity contribution is 9.09. The van der Waals surface area contributed by atoms with Gasteiger partial charge >= 0.3 is 0 Å².